The average Bonchev–Trinajstić information content (AvgIpc) is 2.37. The molecule has 0 amide bonds. The van der Waals surface area contributed by atoms with Crippen LogP contribution in [0.5, 0.6) is 5.75 Å². The Bertz CT molecular complexity index is 620. The van der Waals surface area contributed by atoms with Gasteiger partial charge in [0.15, 0.2) is 0 Å². The first kappa shape index (κ1) is 14.4. The Kier molecular flexibility index (Phi) is 3.99. The molecule has 0 fully saturated rings. The van der Waals surface area contributed by atoms with Gasteiger partial charge in [-0.25, -0.2) is 13.2 Å². The Balaban J connectivity index is 2.46. The highest BCUT2D eigenvalue weighted by atomic mass is 19.1. The predicted octanol–water partition coefficient (Wildman–Crippen LogP) is 3.47. The van der Waals surface area contributed by atoms with Gasteiger partial charge in [-0.05, 0) is 24.1 Å². The molecule has 0 saturated heterocycles. The molecule has 2 nitrogen and oxygen atoms in total. The molecule has 0 bridgehead atoms. The Labute approximate surface area is 115 Å². The van der Waals surface area contributed by atoms with E-state index in [0.29, 0.717) is 23.4 Å². The summed E-state index contributed by atoms with van der Waals surface area (Å²) in [5, 5.41) is 0. The van der Waals surface area contributed by atoms with E-state index in [9.17, 15) is 13.2 Å². The molecule has 1 unspecified atom stereocenters. The SMILES string of the molecule is COc1ccc(C(N)c2c(F)cc(F)cc2F)cc1C. The quantitative estimate of drug-likeness (QED) is 0.935. The normalized spacial score (nSPS) is 12.3. The summed E-state index contributed by atoms with van der Waals surface area (Å²) in [4.78, 5) is 0. The minimum absolute atomic E-state index is 0.351. The highest BCUT2D eigenvalue weighted by molar-refractivity contribution is 5.41. The summed E-state index contributed by atoms with van der Waals surface area (Å²) in [6, 6.07) is 5.21. The van der Waals surface area contributed by atoms with E-state index in [1.165, 1.54) is 7.11 Å². The summed E-state index contributed by atoms with van der Waals surface area (Å²) < 4.78 is 45.4. The number of rotatable bonds is 3. The molecule has 5 heteroatoms. The lowest BCUT2D eigenvalue weighted by Crippen LogP contribution is -2.16. The monoisotopic (exact) mass is 281 g/mol. The second-order valence-electron chi connectivity index (χ2n) is 4.49. The van der Waals surface area contributed by atoms with Gasteiger partial charge >= 0.3 is 0 Å². The smallest absolute Gasteiger partial charge is 0.134 e. The summed E-state index contributed by atoms with van der Waals surface area (Å²) in [7, 11) is 1.53. The molecule has 2 N–H and O–H groups in total. The molecule has 106 valence electrons. The molecule has 0 aliphatic rings. The van der Waals surface area contributed by atoms with Gasteiger partial charge in [-0.15, -0.1) is 0 Å². The van der Waals surface area contributed by atoms with Crippen LogP contribution in [0.15, 0.2) is 30.3 Å². The number of hydrogen-bond acceptors (Lipinski definition) is 2. The van der Waals surface area contributed by atoms with Gasteiger partial charge in [0.2, 0.25) is 0 Å². The standard InChI is InChI=1S/C15H14F3NO/c1-8-5-9(3-4-13(8)20-2)15(19)14-11(17)6-10(16)7-12(14)18/h3-7,15H,19H2,1-2H3. The van der Waals surface area contributed by atoms with Crippen LogP contribution in [0.25, 0.3) is 0 Å². The largest absolute Gasteiger partial charge is 0.496 e. The fourth-order valence-electron chi connectivity index (χ4n) is 2.11. The highest BCUT2D eigenvalue weighted by Crippen LogP contribution is 2.28. The summed E-state index contributed by atoms with van der Waals surface area (Å²) in [6.45, 7) is 1.80. The zero-order valence-corrected chi connectivity index (χ0v) is 11.1. The summed E-state index contributed by atoms with van der Waals surface area (Å²) in [6.07, 6.45) is 0. The van der Waals surface area contributed by atoms with Gasteiger partial charge in [0.1, 0.15) is 23.2 Å². The Morgan fingerprint density at radius 2 is 1.65 bits per heavy atom. The summed E-state index contributed by atoms with van der Waals surface area (Å²) in [5.74, 6) is -2.31. The molecule has 0 spiro atoms. The van der Waals surface area contributed by atoms with E-state index in [0.717, 1.165) is 5.56 Å². The number of nitrogens with two attached hydrogens (primary N) is 1. The Morgan fingerprint density at radius 1 is 1.05 bits per heavy atom. The molecule has 0 heterocycles. The van der Waals surface area contributed by atoms with Crippen molar-refractivity contribution >= 4 is 0 Å². The van der Waals surface area contributed by atoms with Gasteiger partial charge in [-0.2, -0.15) is 0 Å². The molecule has 2 aromatic carbocycles. The van der Waals surface area contributed by atoms with Crippen molar-refractivity contribution in [1.29, 1.82) is 0 Å². The topological polar surface area (TPSA) is 35.2 Å². The molecule has 0 aliphatic heterocycles. The number of methoxy groups -OCH3 is 1. The van der Waals surface area contributed by atoms with E-state index in [4.69, 9.17) is 10.5 Å². The molecule has 0 aromatic heterocycles. The first-order valence-electron chi connectivity index (χ1n) is 5.98. The van der Waals surface area contributed by atoms with Gasteiger partial charge in [-0.3, -0.25) is 0 Å². The maximum atomic E-state index is 13.7. The van der Waals surface area contributed by atoms with Crippen molar-refractivity contribution in [1.82, 2.24) is 0 Å². The molecule has 0 saturated carbocycles. The number of aryl methyl sites for hydroxylation is 1. The van der Waals surface area contributed by atoms with Crippen LogP contribution in [-0.4, -0.2) is 7.11 Å². The molecule has 20 heavy (non-hydrogen) atoms. The fraction of sp³-hybridized carbons (Fsp3) is 0.200. The zero-order chi connectivity index (χ0) is 14.9. The van der Waals surface area contributed by atoms with Crippen LogP contribution in [0.3, 0.4) is 0 Å². The summed E-state index contributed by atoms with van der Waals surface area (Å²) >= 11 is 0. The Morgan fingerprint density at radius 3 is 2.15 bits per heavy atom. The van der Waals surface area contributed by atoms with Gasteiger partial charge < -0.3 is 10.5 Å². The minimum atomic E-state index is -1.01. The van der Waals surface area contributed by atoms with Crippen LogP contribution in [0.2, 0.25) is 0 Å². The minimum Gasteiger partial charge on any atom is -0.496 e. The molecule has 0 aliphatic carbocycles. The van der Waals surface area contributed by atoms with Crippen molar-refractivity contribution in [2.75, 3.05) is 7.11 Å². The van der Waals surface area contributed by atoms with E-state index in [-0.39, 0.29) is 5.56 Å². The lowest BCUT2D eigenvalue weighted by molar-refractivity contribution is 0.411. The predicted molar refractivity (Wildman–Crippen MR) is 70.1 cm³/mol. The van der Waals surface area contributed by atoms with Crippen molar-refractivity contribution in [2.45, 2.75) is 13.0 Å². The van der Waals surface area contributed by atoms with Crippen molar-refractivity contribution in [3.05, 3.63) is 64.5 Å². The van der Waals surface area contributed by atoms with Gasteiger partial charge in [0, 0.05) is 17.7 Å². The van der Waals surface area contributed by atoms with Crippen molar-refractivity contribution in [2.24, 2.45) is 5.73 Å². The molecule has 2 aromatic rings. The molecule has 1 atom stereocenters. The van der Waals surface area contributed by atoms with Crippen molar-refractivity contribution in [3.8, 4) is 5.75 Å². The zero-order valence-electron chi connectivity index (χ0n) is 11.1. The third kappa shape index (κ3) is 2.63. The second-order valence-corrected chi connectivity index (χ2v) is 4.49. The van der Waals surface area contributed by atoms with Crippen LogP contribution >= 0.6 is 0 Å². The number of benzene rings is 2. The first-order chi connectivity index (χ1) is 9.43. The second kappa shape index (κ2) is 5.54. The van der Waals surface area contributed by atoms with Crippen LogP contribution in [0.1, 0.15) is 22.7 Å². The maximum absolute atomic E-state index is 13.7. The van der Waals surface area contributed by atoms with Crippen LogP contribution < -0.4 is 10.5 Å². The van der Waals surface area contributed by atoms with Crippen LogP contribution in [0, 0.1) is 24.4 Å². The Hall–Kier alpha value is -2.01. The van der Waals surface area contributed by atoms with Crippen LogP contribution in [0.4, 0.5) is 13.2 Å². The molecular weight excluding hydrogens is 267 g/mol. The highest BCUT2D eigenvalue weighted by Gasteiger charge is 2.20. The number of halogens is 3. The molecule has 2 rings (SSSR count). The third-order valence-corrected chi connectivity index (χ3v) is 3.13. The van der Waals surface area contributed by atoms with E-state index in [1.54, 1.807) is 25.1 Å². The number of hydrogen-bond donors (Lipinski definition) is 1. The van der Waals surface area contributed by atoms with Gasteiger partial charge in [0.25, 0.3) is 0 Å². The van der Waals surface area contributed by atoms with Crippen molar-refractivity contribution in [3.63, 3.8) is 0 Å². The fourth-order valence-corrected chi connectivity index (χ4v) is 2.11. The van der Waals surface area contributed by atoms with E-state index < -0.39 is 23.5 Å². The average molecular weight is 281 g/mol. The van der Waals surface area contributed by atoms with E-state index in [1.807, 2.05) is 0 Å². The van der Waals surface area contributed by atoms with Crippen molar-refractivity contribution < 1.29 is 17.9 Å². The van der Waals surface area contributed by atoms with Gasteiger partial charge in [-0.1, -0.05) is 12.1 Å². The number of ether oxygens (including phenoxy) is 1. The van der Waals surface area contributed by atoms with E-state index in [2.05, 4.69) is 0 Å². The molecular formula is C15H14F3NO. The van der Waals surface area contributed by atoms with Crippen LogP contribution in [-0.2, 0) is 0 Å². The third-order valence-electron chi connectivity index (χ3n) is 3.13. The molecule has 0 radical (unpaired) electrons. The maximum Gasteiger partial charge on any atom is 0.134 e. The van der Waals surface area contributed by atoms with Gasteiger partial charge in [0.05, 0.1) is 13.2 Å². The summed E-state index contributed by atoms with van der Waals surface area (Å²) in [5.41, 5.74) is 6.85. The lowest BCUT2D eigenvalue weighted by Gasteiger charge is -2.16. The first-order valence-corrected chi connectivity index (χ1v) is 5.98. The van der Waals surface area contributed by atoms with E-state index >= 15 is 0 Å². The lowest BCUT2D eigenvalue weighted by atomic mass is 9.97.